The lowest BCUT2D eigenvalue weighted by Gasteiger charge is -2.56. The third-order valence-electron chi connectivity index (χ3n) is 10.8. The minimum absolute atomic E-state index is 0.00334. The highest BCUT2D eigenvalue weighted by molar-refractivity contribution is 7.90. The first kappa shape index (κ1) is 29.0. The standard InChI is InChI=1S/C31H51N5O3S/c1-21-7-5-8-22(2)29(21)27-16-28-33-30(32-27)34-40(37,38)26-10-6-9-24(15-26)20-36(19-23(3)39-28)25-17-31(18-25)11-13-35(4)14-12-31/h5,7-8,23-28,30,32-34H,6,9-20H2,1-4H3/t23-,24?,26?,27?,28?,30?/m1/s1. The Balaban J connectivity index is 1.24. The van der Waals surface area contributed by atoms with E-state index < -0.39 is 16.3 Å². The quantitative estimate of drug-likeness (QED) is 0.499. The molecule has 3 N–H and O–H groups in total. The highest BCUT2D eigenvalue weighted by atomic mass is 32.2. The zero-order valence-electron chi connectivity index (χ0n) is 25.0. The number of likely N-dealkylation sites (tertiary alicyclic amines) is 1. The molecular formula is C31H51N5O3S. The second-order valence-corrected chi connectivity index (χ2v) is 15.9. The van der Waals surface area contributed by atoms with Crippen LogP contribution in [-0.4, -0.2) is 81.4 Å². The zero-order chi connectivity index (χ0) is 28.1. The minimum atomic E-state index is -3.50. The van der Waals surface area contributed by atoms with E-state index >= 15 is 0 Å². The number of fused-ring (bicyclic) bond motifs is 4. The van der Waals surface area contributed by atoms with E-state index in [9.17, 15) is 8.42 Å². The second-order valence-electron chi connectivity index (χ2n) is 13.9. The lowest BCUT2D eigenvalue weighted by molar-refractivity contribution is -0.0926. The Morgan fingerprint density at radius 1 is 1.00 bits per heavy atom. The number of aryl methyl sites for hydroxylation is 2. The van der Waals surface area contributed by atoms with Crippen molar-refractivity contribution in [1.29, 1.82) is 0 Å². The molecule has 3 heterocycles. The van der Waals surface area contributed by atoms with Crippen LogP contribution in [0.1, 0.15) is 87.4 Å². The van der Waals surface area contributed by atoms with Crippen LogP contribution in [0.3, 0.4) is 0 Å². The molecule has 1 aromatic carbocycles. The predicted molar refractivity (Wildman–Crippen MR) is 159 cm³/mol. The molecule has 5 fully saturated rings. The summed E-state index contributed by atoms with van der Waals surface area (Å²) in [6.07, 6.45) is 8.80. The number of rotatable bonds is 2. The van der Waals surface area contributed by atoms with Gasteiger partial charge in [0.1, 0.15) is 12.5 Å². The van der Waals surface area contributed by atoms with Gasteiger partial charge < -0.3 is 9.64 Å². The van der Waals surface area contributed by atoms with Crippen LogP contribution in [-0.2, 0) is 14.8 Å². The Morgan fingerprint density at radius 2 is 1.73 bits per heavy atom. The average molecular weight is 574 g/mol. The molecular weight excluding hydrogens is 522 g/mol. The number of sulfonamides is 1. The molecule has 4 bridgehead atoms. The maximum atomic E-state index is 13.7. The molecule has 8 nitrogen and oxygen atoms in total. The van der Waals surface area contributed by atoms with Gasteiger partial charge in [0.15, 0.2) is 0 Å². The van der Waals surface area contributed by atoms with Gasteiger partial charge in [-0.2, -0.15) is 4.72 Å². The monoisotopic (exact) mass is 573 g/mol. The number of ether oxygens (including phenoxy) is 1. The summed E-state index contributed by atoms with van der Waals surface area (Å²) in [4.78, 5) is 5.16. The van der Waals surface area contributed by atoms with Crippen LogP contribution in [0, 0.1) is 25.2 Å². The summed E-state index contributed by atoms with van der Waals surface area (Å²) >= 11 is 0. The Hall–Kier alpha value is -1.07. The molecule has 1 aromatic rings. The molecule has 40 heavy (non-hydrogen) atoms. The smallest absolute Gasteiger partial charge is 0.216 e. The van der Waals surface area contributed by atoms with Gasteiger partial charge >= 0.3 is 0 Å². The van der Waals surface area contributed by atoms with E-state index in [0.717, 1.165) is 45.2 Å². The summed E-state index contributed by atoms with van der Waals surface area (Å²) in [7, 11) is -1.25. The molecule has 0 aromatic heterocycles. The van der Waals surface area contributed by atoms with Gasteiger partial charge in [-0.15, -0.1) is 0 Å². The van der Waals surface area contributed by atoms with E-state index in [2.05, 4.69) is 71.2 Å². The topological polar surface area (TPSA) is 85.9 Å². The second kappa shape index (κ2) is 11.5. The molecule has 5 aliphatic rings. The van der Waals surface area contributed by atoms with Crippen LogP contribution in [0.5, 0.6) is 0 Å². The molecule has 3 saturated heterocycles. The van der Waals surface area contributed by atoms with Gasteiger partial charge in [0.05, 0.1) is 11.4 Å². The molecule has 3 aliphatic heterocycles. The van der Waals surface area contributed by atoms with Crippen molar-refractivity contribution in [2.75, 3.05) is 33.2 Å². The van der Waals surface area contributed by atoms with Crippen LogP contribution in [0.15, 0.2) is 18.2 Å². The van der Waals surface area contributed by atoms with E-state index in [1.807, 2.05) is 0 Å². The van der Waals surface area contributed by atoms with E-state index in [4.69, 9.17) is 4.74 Å². The summed E-state index contributed by atoms with van der Waals surface area (Å²) in [6, 6.07) is 6.96. The number of nitrogens with one attached hydrogen (secondary N) is 3. The molecule has 6 atom stereocenters. The molecule has 0 radical (unpaired) electrons. The first-order valence-electron chi connectivity index (χ1n) is 15.8. The van der Waals surface area contributed by atoms with E-state index in [1.54, 1.807) is 0 Å². The molecule has 0 amide bonds. The summed E-state index contributed by atoms with van der Waals surface area (Å²) < 4.78 is 37.2. The van der Waals surface area contributed by atoms with Crippen molar-refractivity contribution >= 4 is 10.0 Å². The lowest BCUT2D eigenvalue weighted by Crippen LogP contribution is -2.64. The van der Waals surface area contributed by atoms with Gasteiger partial charge in [-0.25, -0.2) is 8.42 Å². The fourth-order valence-electron chi connectivity index (χ4n) is 8.53. The minimum Gasteiger partial charge on any atom is -0.359 e. The van der Waals surface area contributed by atoms with Gasteiger partial charge in [0.2, 0.25) is 10.0 Å². The highest BCUT2D eigenvalue weighted by Gasteiger charge is 2.48. The predicted octanol–water partition coefficient (Wildman–Crippen LogP) is 3.61. The maximum Gasteiger partial charge on any atom is 0.216 e. The van der Waals surface area contributed by atoms with Gasteiger partial charge in [0.25, 0.3) is 0 Å². The van der Waals surface area contributed by atoms with Crippen LogP contribution in [0.2, 0.25) is 0 Å². The van der Waals surface area contributed by atoms with Gasteiger partial charge in [0, 0.05) is 31.6 Å². The number of benzene rings is 1. The number of nitrogens with zero attached hydrogens (tertiary/aromatic N) is 2. The van der Waals surface area contributed by atoms with E-state index in [0.29, 0.717) is 17.4 Å². The third-order valence-corrected chi connectivity index (χ3v) is 12.7. The highest BCUT2D eigenvalue weighted by Crippen LogP contribution is 2.51. The van der Waals surface area contributed by atoms with Crippen LogP contribution >= 0.6 is 0 Å². The van der Waals surface area contributed by atoms with Gasteiger partial charge in [-0.1, -0.05) is 24.6 Å². The summed E-state index contributed by atoms with van der Waals surface area (Å²) in [5.74, 6) is 0.417. The third kappa shape index (κ3) is 6.17. The van der Waals surface area contributed by atoms with Crippen LogP contribution in [0.4, 0.5) is 0 Å². The molecule has 6 rings (SSSR count). The molecule has 9 heteroatoms. The van der Waals surface area contributed by atoms with Crippen molar-refractivity contribution in [1.82, 2.24) is 25.2 Å². The van der Waals surface area contributed by atoms with Crippen molar-refractivity contribution in [3.63, 3.8) is 0 Å². The first-order valence-corrected chi connectivity index (χ1v) is 17.3. The lowest BCUT2D eigenvalue weighted by atomic mass is 9.60. The average Bonchev–Trinajstić information content (AvgIpc) is 2.87. The summed E-state index contributed by atoms with van der Waals surface area (Å²) in [6.45, 7) is 10.8. The fourth-order valence-corrected chi connectivity index (χ4v) is 10.2. The Morgan fingerprint density at radius 3 is 2.45 bits per heavy atom. The van der Waals surface area contributed by atoms with Crippen molar-refractivity contribution in [3.05, 3.63) is 34.9 Å². The summed E-state index contributed by atoms with van der Waals surface area (Å²) in [5.41, 5.74) is 4.21. The maximum absolute atomic E-state index is 13.7. The van der Waals surface area contributed by atoms with Crippen LogP contribution in [0.25, 0.3) is 0 Å². The number of piperidine rings is 1. The first-order chi connectivity index (χ1) is 19.1. The van der Waals surface area contributed by atoms with Gasteiger partial charge in [-0.05, 0) is 114 Å². The molecule has 5 unspecified atom stereocenters. The number of hydrogen-bond acceptors (Lipinski definition) is 7. The molecule has 1 spiro atoms. The van der Waals surface area contributed by atoms with Crippen molar-refractivity contribution in [3.8, 4) is 0 Å². The van der Waals surface area contributed by atoms with Crippen molar-refractivity contribution in [2.45, 2.75) is 115 Å². The van der Waals surface area contributed by atoms with Gasteiger partial charge in [-0.3, -0.25) is 15.5 Å². The van der Waals surface area contributed by atoms with Crippen molar-refractivity contribution < 1.29 is 13.2 Å². The zero-order valence-corrected chi connectivity index (χ0v) is 25.8. The normalized spacial score (nSPS) is 37.6. The molecule has 2 aliphatic carbocycles. The molecule has 224 valence electrons. The van der Waals surface area contributed by atoms with Crippen molar-refractivity contribution in [2.24, 2.45) is 11.3 Å². The largest absolute Gasteiger partial charge is 0.359 e. The Bertz CT molecular complexity index is 1130. The fraction of sp³-hybridized carbons (Fsp3) is 0.806. The van der Waals surface area contributed by atoms with Crippen LogP contribution < -0.4 is 15.4 Å². The van der Waals surface area contributed by atoms with E-state index in [-0.39, 0.29) is 23.6 Å². The van der Waals surface area contributed by atoms with E-state index in [1.165, 1.54) is 55.5 Å². The number of hydrogen-bond donors (Lipinski definition) is 3. The Kier molecular flexibility index (Phi) is 8.38. The summed E-state index contributed by atoms with van der Waals surface area (Å²) in [5, 5.41) is 6.71. The molecule has 2 saturated carbocycles. The SMILES string of the molecule is Cc1cccc(C)c1C1CC2NC(N1)NS(=O)(=O)C1CCCC(C1)CN(C1CC3(CCN(C)CC3)C1)C[C@@H](C)O2. The Labute approximate surface area is 242 Å².